The number of hydrogen-bond acceptors (Lipinski definition) is 3. The SMILES string of the molecule is O=C(c1ccc(Nc2ccccc2Cl)cn1)N1CCCc2ccccc21. The second-order valence-electron chi connectivity index (χ2n) is 6.23. The van der Waals surface area contributed by atoms with Crippen LogP contribution in [0.2, 0.25) is 5.02 Å². The van der Waals surface area contributed by atoms with Crippen molar-refractivity contribution >= 4 is 34.6 Å². The van der Waals surface area contributed by atoms with Gasteiger partial charge in [-0.3, -0.25) is 4.79 Å². The fraction of sp³-hybridized carbons (Fsp3) is 0.143. The lowest BCUT2D eigenvalue weighted by Gasteiger charge is -2.29. The van der Waals surface area contributed by atoms with Gasteiger partial charge in [0.05, 0.1) is 22.6 Å². The minimum absolute atomic E-state index is 0.0681. The zero-order chi connectivity index (χ0) is 17.9. The molecule has 0 bridgehead atoms. The van der Waals surface area contributed by atoms with Crippen LogP contribution in [0.1, 0.15) is 22.5 Å². The van der Waals surface area contributed by atoms with Gasteiger partial charge in [0.1, 0.15) is 5.69 Å². The number of nitrogens with one attached hydrogen (secondary N) is 1. The first-order valence-corrected chi connectivity index (χ1v) is 8.97. The van der Waals surface area contributed by atoms with E-state index in [2.05, 4.69) is 16.4 Å². The third-order valence-corrected chi connectivity index (χ3v) is 4.82. The predicted molar refractivity (Wildman–Crippen MR) is 105 cm³/mol. The highest BCUT2D eigenvalue weighted by Gasteiger charge is 2.23. The smallest absolute Gasteiger partial charge is 0.276 e. The molecule has 4 rings (SSSR count). The van der Waals surface area contributed by atoms with E-state index >= 15 is 0 Å². The summed E-state index contributed by atoms with van der Waals surface area (Å²) < 4.78 is 0. The van der Waals surface area contributed by atoms with Crippen LogP contribution in [-0.4, -0.2) is 17.4 Å². The highest BCUT2D eigenvalue weighted by molar-refractivity contribution is 6.33. The number of halogens is 1. The number of para-hydroxylation sites is 2. The third kappa shape index (κ3) is 3.28. The zero-order valence-electron chi connectivity index (χ0n) is 14.2. The van der Waals surface area contributed by atoms with E-state index in [0.29, 0.717) is 10.7 Å². The quantitative estimate of drug-likeness (QED) is 0.706. The number of aromatic nitrogens is 1. The summed E-state index contributed by atoms with van der Waals surface area (Å²) >= 11 is 6.16. The summed E-state index contributed by atoms with van der Waals surface area (Å²) in [6.45, 7) is 0.719. The normalized spacial score (nSPS) is 13.2. The van der Waals surface area contributed by atoms with Gasteiger partial charge in [-0.05, 0) is 48.7 Å². The van der Waals surface area contributed by atoms with Gasteiger partial charge in [0, 0.05) is 12.2 Å². The number of aryl methyl sites for hydroxylation is 1. The molecular formula is C21H18ClN3O. The maximum atomic E-state index is 12.9. The molecule has 1 aromatic heterocycles. The molecule has 130 valence electrons. The standard InChI is InChI=1S/C21H18ClN3O/c22-17-8-2-3-9-18(17)24-16-11-12-19(23-14-16)21(26)25-13-5-7-15-6-1-4-10-20(15)25/h1-4,6,8-12,14,24H,5,7,13H2. The number of pyridine rings is 1. The summed E-state index contributed by atoms with van der Waals surface area (Å²) in [7, 11) is 0. The lowest BCUT2D eigenvalue weighted by atomic mass is 10.0. The molecule has 1 N–H and O–H groups in total. The minimum Gasteiger partial charge on any atom is -0.353 e. The van der Waals surface area contributed by atoms with Crippen LogP contribution in [0.3, 0.4) is 0 Å². The molecule has 0 atom stereocenters. The zero-order valence-corrected chi connectivity index (χ0v) is 14.9. The molecule has 2 heterocycles. The average Bonchev–Trinajstić information content (AvgIpc) is 2.69. The lowest BCUT2D eigenvalue weighted by molar-refractivity contribution is 0.0980. The summed E-state index contributed by atoms with van der Waals surface area (Å²) in [5.74, 6) is -0.0681. The number of rotatable bonds is 3. The van der Waals surface area contributed by atoms with Crippen LogP contribution in [0.15, 0.2) is 66.9 Å². The Morgan fingerprint density at radius 1 is 1.04 bits per heavy atom. The Kier molecular flexibility index (Phi) is 4.59. The Morgan fingerprint density at radius 3 is 2.65 bits per heavy atom. The summed E-state index contributed by atoms with van der Waals surface area (Å²) in [6, 6.07) is 19.2. The van der Waals surface area contributed by atoms with Gasteiger partial charge in [0.2, 0.25) is 0 Å². The number of benzene rings is 2. The molecule has 1 amide bonds. The minimum atomic E-state index is -0.0681. The monoisotopic (exact) mass is 363 g/mol. The van der Waals surface area contributed by atoms with Gasteiger partial charge in [-0.1, -0.05) is 41.9 Å². The lowest BCUT2D eigenvalue weighted by Crippen LogP contribution is -2.35. The Balaban J connectivity index is 1.54. The van der Waals surface area contributed by atoms with Crippen molar-refractivity contribution in [2.45, 2.75) is 12.8 Å². The molecule has 0 saturated heterocycles. The Bertz CT molecular complexity index is 940. The molecule has 5 heteroatoms. The molecule has 0 saturated carbocycles. The van der Waals surface area contributed by atoms with Crippen molar-refractivity contribution in [2.75, 3.05) is 16.8 Å². The topological polar surface area (TPSA) is 45.2 Å². The van der Waals surface area contributed by atoms with Gasteiger partial charge < -0.3 is 10.2 Å². The number of fused-ring (bicyclic) bond motifs is 1. The summed E-state index contributed by atoms with van der Waals surface area (Å²) in [6.07, 6.45) is 3.63. The van der Waals surface area contributed by atoms with Gasteiger partial charge in [0.15, 0.2) is 0 Å². The van der Waals surface area contributed by atoms with Crippen molar-refractivity contribution in [1.82, 2.24) is 4.98 Å². The van der Waals surface area contributed by atoms with Crippen molar-refractivity contribution in [2.24, 2.45) is 0 Å². The van der Waals surface area contributed by atoms with Crippen molar-refractivity contribution < 1.29 is 4.79 Å². The van der Waals surface area contributed by atoms with Crippen LogP contribution < -0.4 is 10.2 Å². The van der Waals surface area contributed by atoms with Crippen LogP contribution in [-0.2, 0) is 6.42 Å². The largest absolute Gasteiger partial charge is 0.353 e. The van der Waals surface area contributed by atoms with Gasteiger partial charge in [0.25, 0.3) is 5.91 Å². The van der Waals surface area contributed by atoms with Crippen LogP contribution in [0.4, 0.5) is 17.1 Å². The first kappa shape index (κ1) is 16.6. The van der Waals surface area contributed by atoms with Crippen molar-refractivity contribution in [1.29, 1.82) is 0 Å². The maximum absolute atomic E-state index is 12.9. The van der Waals surface area contributed by atoms with Crippen LogP contribution in [0.5, 0.6) is 0 Å². The molecule has 0 unspecified atom stereocenters. The number of anilines is 3. The van der Waals surface area contributed by atoms with E-state index in [0.717, 1.165) is 36.4 Å². The fourth-order valence-electron chi connectivity index (χ4n) is 3.20. The van der Waals surface area contributed by atoms with E-state index in [1.165, 1.54) is 5.56 Å². The Morgan fingerprint density at radius 2 is 1.85 bits per heavy atom. The number of carbonyl (C=O) groups excluding carboxylic acids is 1. The third-order valence-electron chi connectivity index (χ3n) is 4.49. The van der Waals surface area contributed by atoms with E-state index in [9.17, 15) is 4.79 Å². The fourth-order valence-corrected chi connectivity index (χ4v) is 3.38. The van der Waals surface area contributed by atoms with Crippen molar-refractivity contribution in [3.05, 3.63) is 83.1 Å². The summed E-state index contributed by atoms with van der Waals surface area (Å²) in [5, 5.41) is 3.85. The van der Waals surface area contributed by atoms with Gasteiger partial charge in [-0.25, -0.2) is 4.98 Å². The molecule has 4 nitrogen and oxygen atoms in total. The second kappa shape index (κ2) is 7.18. The maximum Gasteiger partial charge on any atom is 0.276 e. The molecule has 0 fully saturated rings. The first-order chi connectivity index (χ1) is 12.7. The number of amides is 1. The van der Waals surface area contributed by atoms with Crippen LogP contribution in [0, 0.1) is 0 Å². The Labute approximate surface area is 157 Å². The molecule has 0 radical (unpaired) electrons. The average molecular weight is 364 g/mol. The van der Waals surface area contributed by atoms with Crippen molar-refractivity contribution in [3.63, 3.8) is 0 Å². The molecule has 0 aliphatic carbocycles. The Hall–Kier alpha value is -2.85. The molecule has 1 aliphatic heterocycles. The van der Waals surface area contributed by atoms with Crippen LogP contribution in [0.25, 0.3) is 0 Å². The number of carbonyl (C=O) groups is 1. The van der Waals surface area contributed by atoms with Gasteiger partial charge >= 0.3 is 0 Å². The summed E-state index contributed by atoms with van der Waals surface area (Å²) in [5.41, 5.74) is 4.23. The second-order valence-corrected chi connectivity index (χ2v) is 6.63. The molecule has 2 aromatic carbocycles. The molecule has 26 heavy (non-hydrogen) atoms. The number of hydrogen-bond donors (Lipinski definition) is 1. The van der Waals surface area contributed by atoms with E-state index in [1.807, 2.05) is 53.4 Å². The molecular weight excluding hydrogens is 346 g/mol. The van der Waals surface area contributed by atoms with E-state index < -0.39 is 0 Å². The van der Waals surface area contributed by atoms with Gasteiger partial charge in [-0.2, -0.15) is 0 Å². The molecule has 3 aromatic rings. The molecule has 1 aliphatic rings. The highest BCUT2D eigenvalue weighted by atomic mass is 35.5. The highest BCUT2D eigenvalue weighted by Crippen LogP contribution is 2.28. The number of nitrogens with zero attached hydrogens (tertiary/aromatic N) is 2. The van der Waals surface area contributed by atoms with E-state index in [-0.39, 0.29) is 5.91 Å². The molecule has 0 spiro atoms. The van der Waals surface area contributed by atoms with E-state index in [1.54, 1.807) is 12.3 Å². The van der Waals surface area contributed by atoms with Crippen LogP contribution >= 0.6 is 11.6 Å². The van der Waals surface area contributed by atoms with Gasteiger partial charge in [-0.15, -0.1) is 0 Å². The first-order valence-electron chi connectivity index (χ1n) is 8.60. The van der Waals surface area contributed by atoms with Crippen molar-refractivity contribution in [3.8, 4) is 0 Å². The predicted octanol–water partition coefficient (Wildman–Crippen LogP) is 5.07. The van der Waals surface area contributed by atoms with E-state index in [4.69, 9.17) is 11.6 Å². The summed E-state index contributed by atoms with van der Waals surface area (Å²) in [4.78, 5) is 19.1.